The van der Waals surface area contributed by atoms with Gasteiger partial charge in [-0.25, -0.2) is 9.59 Å². The Kier molecular flexibility index (Phi) is 4.17. The first kappa shape index (κ1) is 15.3. The number of hydrogen-bond donors (Lipinski definition) is 0. The van der Waals surface area contributed by atoms with Gasteiger partial charge in [-0.1, -0.05) is 29.8 Å². The minimum atomic E-state index is -0.508. The number of hydrogen-bond acceptors (Lipinski definition) is 4. The van der Waals surface area contributed by atoms with E-state index in [-0.39, 0.29) is 6.61 Å². The molecule has 1 heterocycles. The summed E-state index contributed by atoms with van der Waals surface area (Å²) in [4.78, 5) is 24.1. The maximum absolute atomic E-state index is 12.3. The van der Waals surface area contributed by atoms with Gasteiger partial charge in [-0.15, -0.1) is 0 Å². The van der Waals surface area contributed by atoms with Crippen LogP contribution in [0.5, 0.6) is 0 Å². The summed E-state index contributed by atoms with van der Waals surface area (Å²) in [7, 11) is 0. The van der Waals surface area contributed by atoms with E-state index in [9.17, 15) is 9.59 Å². The first-order valence-corrected chi connectivity index (χ1v) is 7.48. The average Bonchev–Trinajstić information content (AvgIpc) is 2.55. The Labute approximate surface area is 137 Å². The molecule has 3 rings (SSSR count). The summed E-state index contributed by atoms with van der Waals surface area (Å²) in [6, 6.07) is 13.6. The van der Waals surface area contributed by atoms with E-state index < -0.39 is 11.6 Å². The summed E-state index contributed by atoms with van der Waals surface area (Å²) in [6.45, 7) is 2.00. The molecule has 0 spiro atoms. The van der Waals surface area contributed by atoms with E-state index in [1.807, 2.05) is 12.1 Å². The van der Waals surface area contributed by atoms with E-state index in [1.165, 1.54) is 0 Å². The van der Waals surface area contributed by atoms with E-state index in [0.29, 0.717) is 27.3 Å². The van der Waals surface area contributed by atoms with Crippen LogP contribution in [0.1, 0.15) is 17.3 Å². The highest BCUT2D eigenvalue weighted by molar-refractivity contribution is 6.33. The SMILES string of the molecule is CCOC(=O)c1ccc(Cl)c(-c2cc3ccccc3oc2=O)c1. The fourth-order valence-corrected chi connectivity index (χ4v) is 2.54. The summed E-state index contributed by atoms with van der Waals surface area (Å²) in [5.41, 5.74) is 1.07. The van der Waals surface area contributed by atoms with Crippen molar-refractivity contribution in [3.8, 4) is 11.1 Å². The largest absolute Gasteiger partial charge is 0.462 e. The number of rotatable bonds is 3. The molecule has 2 aromatic carbocycles. The molecule has 0 N–H and O–H groups in total. The van der Waals surface area contributed by atoms with Crippen LogP contribution in [0.15, 0.2) is 57.7 Å². The van der Waals surface area contributed by atoms with Crippen LogP contribution in [0.2, 0.25) is 5.02 Å². The normalized spacial score (nSPS) is 10.7. The highest BCUT2D eigenvalue weighted by atomic mass is 35.5. The Morgan fingerprint density at radius 3 is 2.70 bits per heavy atom. The Morgan fingerprint density at radius 1 is 1.13 bits per heavy atom. The highest BCUT2D eigenvalue weighted by Gasteiger charge is 2.15. The van der Waals surface area contributed by atoms with Crippen LogP contribution >= 0.6 is 11.6 Å². The Morgan fingerprint density at radius 2 is 1.91 bits per heavy atom. The first-order chi connectivity index (χ1) is 11.1. The molecule has 0 saturated heterocycles. The monoisotopic (exact) mass is 328 g/mol. The van der Waals surface area contributed by atoms with Crippen LogP contribution in [0, 0.1) is 0 Å². The summed E-state index contributed by atoms with van der Waals surface area (Å²) in [5.74, 6) is -0.462. The van der Waals surface area contributed by atoms with Gasteiger partial charge in [-0.2, -0.15) is 0 Å². The number of benzene rings is 2. The van der Waals surface area contributed by atoms with Gasteiger partial charge in [0.25, 0.3) is 0 Å². The quantitative estimate of drug-likeness (QED) is 0.531. The second kappa shape index (κ2) is 6.26. The zero-order valence-corrected chi connectivity index (χ0v) is 13.1. The van der Waals surface area contributed by atoms with Crippen LogP contribution in [0.4, 0.5) is 0 Å². The Hall–Kier alpha value is -2.59. The highest BCUT2D eigenvalue weighted by Crippen LogP contribution is 2.29. The van der Waals surface area contributed by atoms with Crippen LogP contribution < -0.4 is 5.63 Å². The van der Waals surface area contributed by atoms with Crippen LogP contribution in [-0.2, 0) is 4.74 Å². The molecule has 0 aliphatic carbocycles. The van der Waals surface area contributed by atoms with Gasteiger partial charge in [0.15, 0.2) is 0 Å². The smallest absolute Gasteiger partial charge is 0.344 e. The van der Waals surface area contributed by atoms with Crippen LogP contribution in [0.25, 0.3) is 22.1 Å². The molecule has 1 aromatic heterocycles. The molecule has 0 unspecified atom stereocenters. The topological polar surface area (TPSA) is 56.5 Å². The van der Waals surface area contributed by atoms with Gasteiger partial charge in [-0.05, 0) is 37.3 Å². The minimum Gasteiger partial charge on any atom is -0.462 e. The third kappa shape index (κ3) is 2.98. The summed E-state index contributed by atoms with van der Waals surface area (Å²) in [5, 5.41) is 1.14. The number of carbonyl (C=O) groups is 1. The van der Waals surface area contributed by atoms with E-state index in [2.05, 4.69) is 0 Å². The van der Waals surface area contributed by atoms with Crippen molar-refractivity contribution in [3.63, 3.8) is 0 Å². The molecular weight excluding hydrogens is 316 g/mol. The lowest BCUT2D eigenvalue weighted by molar-refractivity contribution is 0.0526. The molecule has 4 nitrogen and oxygen atoms in total. The van der Waals surface area contributed by atoms with Gasteiger partial charge in [0.2, 0.25) is 0 Å². The second-order valence-corrected chi connectivity index (χ2v) is 5.31. The first-order valence-electron chi connectivity index (χ1n) is 7.10. The fourth-order valence-electron chi connectivity index (χ4n) is 2.32. The third-order valence-corrected chi connectivity index (χ3v) is 3.74. The van der Waals surface area contributed by atoms with Crippen molar-refractivity contribution in [2.75, 3.05) is 6.61 Å². The maximum atomic E-state index is 12.3. The maximum Gasteiger partial charge on any atom is 0.344 e. The number of ether oxygens (including phenoxy) is 1. The van der Waals surface area contributed by atoms with E-state index in [0.717, 1.165) is 5.39 Å². The lowest BCUT2D eigenvalue weighted by Crippen LogP contribution is -2.07. The average molecular weight is 329 g/mol. The third-order valence-electron chi connectivity index (χ3n) is 3.41. The molecule has 0 radical (unpaired) electrons. The van der Waals surface area contributed by atoms with E-state index >= 15 is 0 Å². The molecule has 5 heteroatoms. The summed E-state index contributed by atoms with van der Waals surface area (Å²) < 4.78 is 10.3. The zero-order chi connectivity index (χ0) is 16.4. The summed E-state index contributed by atoms with van der Waals surface area (Å²) in [6.07, 6.45) is 0. The number of para-hydroxylation sites is 1. The predicted octanol–water partition coefficient (Wildman–Crippen LogP) is 4.29. The Balaban J connectivity index is 2.18. The molecule has 0 fully saturated rings. The van der Waals surface area contributed by atoms with Crippen molar-refractivity contribution in [1.82, 2.24) is 0 Å². The lowest BCUT2D eigenvalue weighted by atomic mass is 10.0. The fraction of sp³-hybridized carbons (Fsp3) is 0.111. The molecule has 23 heavy (non-hydrogen) atoms. The number of carbonyl (C=O) groups excluding carboxylic acids is 1. The van der Waals surface area contributed by atoms with Crippen LogP contribution in [0.3, 0.4) is 0 Å². The van der Waals surface area contributed by atoms with Gasteiger partial charge in [0.1, 0.15) is 5.58 Å². The predicted molar refractivity (Wildman–Crippen MR) is 88.9 cm³/mol. The zero-order valence-electron chi connectivity index (χ0n) is 12.3. The molecule has 0 atom stereocenters. The Bertz CT molecular complexity index is 943. The van der Waals surface area contributed by atoms with Crippen molar-refractivity contribution in [3.05, 3.63) is 69.5 Å². The lowest BCUT2D eigenvalue weighted by Gasteiger charge is -2.07. The van der Waals surface area contributed by atoms with Crippen molar-refractivity contribution < 1.29 is 13.9 Å². The minimum absolute atomic E-state index is 0.273. The van der Waals surface area contributed by atoms with Gasteiger partial charge in [0.05, 0.1) is 17.7 Å². The molecule has 116 valence electrons. The molecule has 0 amide bonds. The van der Waals surface area contributed by atoms with Gasteiger partial charge < -0.3 is 9.15 Å². The van der Waals surface area contributed by atoms with Crippen molar-refractivity contribution in [2.45, 2.75) is 6.92 Å². The van der Waals surface area contributed by atoms with Gasteiger partial charge in [-0.3, -0.25) is 0 Å². The number of esters is 1. The number of halogens is 1. The second-order valence-electron chi connectivity index (χ2n) is 4.90. The van der Waals surface area contributed by atoms with Crippen molar-refractivity contribution in [2.24, 2.45) is 0 Å². The molecule has 0 bridgehead atoms. The van der Waals surface area contributed by atoms with Crippen LogP contribution in [-0.4, -0.2) is 12.6 Å². The standard InChI is InChI=1S/C18H13ClO4/c1-2-22-17(20)12-7-8-15(19)13(10-12)14-9-11-5-3-4-6-16(11)23-18(14)21/h3-10H,2H2,1H3. The van der Waals surface area contributed by atoms with Crippen molar-refractivity contribution >= 4 is 28.5 Å². The molecule has 0 aliphatic rings. The van der Waals surface area contributed by atoms with Gasteiger partial charge in [0, 0.05) is 16.0 Å². The van der Waals surface area contributed by atoms with Crippen molar-refractivity contribution in [1.29, 1.82) is 0 Å². The number of fused-ring (bicyclic) bond motifs is 1. The molecule has 0 aliphatic heterocycles. The molecular formula is C18H13ClO4. The summed E-state index contributed by atoms with van der Waals surface area (Å²) >= 11 is 6.20. The molecule has 3 aromatic rings. The van der Waals surface area contributed by atoms with E-state index in [4.69, 9.17) is 20.8 Å². The molecule has 0 saturated carbocycles. The van der Waals surface area contributed by atoms with Gasteiger partial charge >= 0.3 is 11.6 Å². The van der Waals surface area contributed by atoms with E-state index in [1.54, 1.807) is 43.3 Å².